The predicted molar refractivity (Wildman–Crippen MR) is 132 cm³/mol. The summed E-state index contributed by atoms with van der Waals surface area (Å²) >= 11 is 3.46. The van der Waals surface area contributed by atoms with Gasteiger partial charge in [0.15, 0.2) is 6.23 Å². The van der Waals surface area contributed by atoms with Gasteiger partial charge in [-0.05, 0) is 78.6 Å². The smallest absolute Gasteiger partial charge is 0.150 e. The Balaban J connectivity index is 1.49. The summed E-state index contributed by atoms with van der Waals surface area (Å²) in [6.45, 7) is 3.41. The molecule has 0 bridgehead atoms. The molecule has 4 heterocycles. The first-order chi connectivity index (χ1) is 16.5. The molecule has 6 nitrogen and oxygen atoms in total. The average Bonchev–Trinajstić information content (AvgIpc) is 3.41. The van der Waals surface area contributed by atoms with E-state index in [0.29, 0.717) is 19.4 Å². The number of nitrogens with zero attached hydrogens (tertiary/aromatic N) is 4. The fraction of sp³-hybridized carbons (Fsp3) is 0.538. The second-order valence-electron chi connectivity index (χ2n) is 10.0. The third-order valence-corrected chi connectivity index (χ3v) is 8.12. The molecule has 0 N–H and O–H groups in total. The molecule has 2 fully saturated rings. The van der Waals surface area contributed by atoms with Crippen molar-refractivity contribution in [3.05, 3.63) is 51.9 Å². The lowest BCUT2D eigenvalue weighted by atomic mass is 9.83. The highest BCUT2D eigenvalue weighted by Crippen LogP contribution is 2.48. The molecule has 8 heteroatoms. The number of aromatic nitrogens is 3. The van der Waals surface area contributed by atoms with E-state index in [4.69, 9.17) is 14.6 Å². The van der Waals surface area contributed by atoms with Gasteiger partial charge in [-0.3, -0.25) is 4.90 Å². The van der Waals surface area contributed by atoms with Crippen molar-refractivity contribution >= 4 is 26.8 Å². The SMILES string of the molecule is COc1cc(Br)ncc1[C@@H]1c2ccc3c(cnn3C3CCCCO3)c2C[C@@H](C)N1CC1(F)CC1. The van der Waals surface area contributed by atoms with Crippen molar-refractivity contribution in [2.45, 2.75) is 69.4 Å². The fourth-order valence-corrected chi connectivity index (χ4v) is 6.00. The van der Waals surface area contributed by atoms with Crippen molar-refractivity contribution in [2.24, 2.45) is 0 Å². The van der Waals surface area contributed by atoms with Gasteiger partial charge in [0, 0.05) is 42.4 Å². The van der Waals surface area contributed by atoms with Crippen LogP contribution in [-0.2, 0) is 11.2 Å². The molecule has 1 unspecified atom stereocenters. The number of rotatable bonds is 5. The van der Waals surface area contributed by atoms with Crippen molar-refractivity contribution in [3.63, 3.8) is 0 Å². The maximum absolute atomic E-state index is 15.1. The van der Waals surface area contributed by atoms with Crippen LogP contribution in [0, 0.1) is 0 Å². The molecule has 3 aliphatic rings. The number of halogens is 2. The quantitative estimate of drug-likeness (QED) is 0.395. The van der Waals surface area contributed by atoms with Gasteiger partial charge in [0.1, 0.15) is 16.0 Å². The Bertz CT molecular complexity index is 1220. The van der Waals surface area contributed by atoms with Gasteiger partial charge in [-0.25, -0.2) is 14.1 Å². The molecule has 1 aromatic carbocycles. The minimum atomic E-state index is -1.09. The Morgan fingerprint density at radius 2 is 2.09 bits per heavy atom. The van der Waals surface area contributed by atoms with Gasteiger partial charge in [-0.1, -0.05) is 6.07 Å². The summed E-state index contributed by atoms with van der Waals surface area (Å²) in [5.41, 5.74) is 3.44. The zero-order valence-corrected chi connectivity index (χ0v) is 21.2. The normalized spacial score (nSPS) is 26.4. The Labute approximate surface area is 207 Å². The predicted octanol–water partition coefficient (Wildman–Crippen LogP) is 5.74. The van der Waals surface area contributed by atoms with Crippen LogP contribution < -0.4 is 4.74 Å². The summed E-state index contributed by atoms with van der Waals surface area (Å²) in [6, 6.07) is 6.27. The van der Waals surface area contributed by atoms with E-state index in [1.807, 2.05) is 23.1 Å². The van der Waals surface area contributed by atoms with Gasteiger partial charge in [0.05, 0.1) is 24.9 Å². The molecule has 3 atom stereocenters. The summed E-state index contributed by atoms with van der Waals surface area (Å²) in [5.74, 6) is 0.757. The van der Waals surface area contributed by atoms with Crippen LogP contribution in [0.25, 0.3) is 10.9 Å². The third-order valence-electron chi connectivity index (χ3n) is 7.68. The lowest BCUT2D eigenvalue weighted by molar-refractivity contribution is -0.0366. The minimum absolute atomic E-state index is 0.00496. The van der Waals surface area contributed by atoms with Gasteiger partial charge >= 0.3 is 0 Å². The molecular weight excluding hydrogens is 499 g/mol. The van der Waals surface area contributed by atoms with Crippen LogP contribution in [0.3, 0.4) is 0 Å². The zero-order chi connectivity index (χ0) is 23.4. The second-order valence-corrected chi connectivity index (χ2v) is 10.8. The molecule has 0 radical (unpaired) electrons. The Morgan fingerprint density at radius 3 is 2.82 bits per heavy atom. The number of ether oxygens (including phenoxy) is 2. The van der Waals surface area contributed by atoms with Crippen molar-refractivity contribution in [1.82, 2.24) is 19.7 Å². The van der Waals surface area contributed by atoms with Crippen molar-refractivity contribution in [2.75, 3.05) is 20.3 Å². The topological polar surface area (TPSA) is 52.4 Å². The largest absolute Gasteiger partial charge is 0.496 e. The lowest BCUT2D eigenvalue weighted by Crippen LogP contribution is -2.46. The second kappa shape index (κ2) is 8.57. The number of hydrogen-bond acceptors (Lipinski definition) is 5. The molecule has 0 spiro atoms. The maximum atomic E-state index is 15.1. The van der Waals surface area contributed by atoms with E-state index in [-0.39, 0.29) is 18.3 Å². The van der Waals surface area contributed by atoms with Crippen LogP contribution in [0.15, 0.2) is 35.2 Å². The Hall–Kier alpha value is -2.03. The highest BCUT2D eigenvalue weighted by molar-refractivity contribution is 9.10. The number of alkyl halides is 1. The maximum Gasteiger partial charge on any atom is 0.150 e. The van der Waals surface area contributed by atoms with Crippen LogP contribution >= 0.6 is 15.9 Å². The first-order valence-electron chi connectivity index (χ1n) is 12.2. The zero-order valence-electron chi connectivity index (χ0n) is 19.6. The number of hydrogen-bond donors (Lipinski definition) is 0. The van der Waals surface area contributed by atoms with Crippen LogP contribution in [0.1, 0.15) is 68.0 Å². The van der Waals surface area contributed by atoms with Crippen molar-refractivity contribution in [1.29, 1.82) is 0 Å². The lowest BCUT2D eigenvalue weighted by Gasteiger charge is -2.43. The van der Waals surface area contributed by atoms with E-state index in [1.165, 1.54) is 11.1 Å². The Morgan fingerprint density at radius 1 is 1.24 bits per heavy atom. The van der Waals surface area contributed by atoms with Gasteiger partial charge in [0.25, 0.3) is 0 Å². The minimum Gasteiger partial charge on any atom is -0.496 e. The van der Waals surface area contributed by atoms with E-state index < -0.39 is 5.67 Å². The van der Waals surface area contributed by atoms with Crippen LogP contribution in [0.4, 0.5) is 4.39 Å². The number of methoxy groups -OCH3 is 1. The molecule has 2 aromatic heterocycles. The third kappa shape index (κ3) is 3.84. The van der Waals surface area contributed by atoms with Crippen LogP contribution in [-0.4, -0.2) is 51.6 Å². The summed E-state index contributed by atoms with van der Waals surface area (Å²) in [4.78, 5) is 6.83. The Kier molecular flexibility index (Phi) is 5.66. The molecule has 180 valence electrons. The van der Waals surface area contributed by atoms with E-state index in [2.05, 4.69) is 44.9 Å². The summed E-state index contributed by atoms with van der Waals surface area (Å²) in [6.07, 6.45) is 9.23. The van der Waals surface area contributed by atoms with E-state index in [0.717, 1.165) is 59.1 Å². The number of fused-ring (bicyclic) bond motifs is 3. The number of benzene rings is 1. The van der Waals surface area contributed by atoms with Crippen molar-refractivity contribution in [3.8, 4) is 5.75 Å². The summed E-state index contributed by atoms with van der Waals surface area (Å²) in [7, 11) is 1.68. The monoisotopic (exact) mass is 528 g/mol. The average molecular weight is 529 g/mol. The van der Waals surface area contributed by atoms with Crippen molar-refractivity contribution < 1.29 is 13.9 Å². The molecule has 0 amide bonds. The fourth-order valence-electron chi connectivity index (χ4n) is 5.69. The van der Waals surface area contributed by atoms with E-state index >= 15 is 4.39 Å². The highest BCUT2D eigenvalue weighted by atomic mass is 79.9. The van der Waals surface area contributed by atoms with Gasteiger partial charge in [0.2, 0.25) is 0 Å². The molecule has 1 aliphatic carbocycles. The molecule has 3 aromatic rings. The standard InChI is InChI=1S/C26H30BrFN4O2/c1-16-11-18-17(6-7-21-19(18)14-30-32(21)24-5-3-4-10-34-24)25(31(16)15-26(28)8-9-26)20-13-29-23(27)12-22(20)33-2/h6-7,12-14,16,24-25H,3-5,8-11,15H2,1-2H3/t16-,24?,25+/m1/s1. The van der Waals surface area contributed by atoms with E-state index in [1.54, 1.807) is 7.11 Å². The highest BCUT2D eigenvalue weighted by Gasteiger charge is 2.48. The number of pyridine rings is 1. The first kappa shape index (κ1) is 22.4. The van der Waals surface area contributed by atoms with Crippen LogP contribution in [0.2, 0.25) is 0 Å². The molecule has 1 saturated carbocycles. The van der Waals surface area contributed by atoms with Crippen LogP contribution in [0.5, 0.6) is 5.75 Å². The molecular formula is C26H30BrFN4O2. The molecule has 1 saturated heterocycles. The summed E-state index contributed by atoms with van der Waals surface area (Å²) < 4.78 is 29.7. The van der Waals surface area contributed by atoms with E-state index in [9.17, 15) is 0 Å². The van der Waals surface area contributed by atoms with Gasteiger partial charge < -0.3 is 9.47 Å². The van der Waals surface area contributed by atoms with Gasteiger partial charge in [-0.2, -0.15) is 5.10 Å². The molecule has 6 rings (SSSR count). The first-order valence-corrected chi connectivity index (χ1v) is 13.0. The summed E-state index contributed by atoms with van der Waals surface area (Å²) in [5, 5.41) is 5.92. The van der Waals surface area contributed by atoms with Gasteiger partial charge in [-0.15, -0.1) is 0 Å². The molecule has 2 aliphatic heterocycles. The molecule has 34 heavy (non-hydrogen) atoms.